The number of hydrogen-bond donors (Lipinski definition) is 0. The minimum absolute atomic E-state index is 0.0555. The van der Waals surface area contributed by atoms with Gasteiger partial charge in [0.1, 0.15) is 0 Å². The third-order valence-electron chi connectivity index (χ3n) is 3.48. The number of nitrogens with zero attached hydrogens (tertiary/aromatic N) is 2. The smallest absolute Gasteiger partial charge is 0.302 e. The lowest BCUT2D eigenvalue weighted by molar-refractivity contribution is 0.251. The zero-order valence-corrected chi connectivity index (χ0v) is 12.3. The molecule has 1 aliphatic rings. The molecule has 1 saturated heterocycles. The van der Waals surface area contributed by atoms with Crippen LogP contribution in [0.3, 0.4) is 0 Å². The van der Waals surface area contributed by atoms with E-state index in [0.29, 0.717) is 25.3 Å². The van der Waals surface area contributed by atoms with Crippen molar-refractivity contribution in [3.8, 4) is 0 Å². The second-order valence-corrected chi connectivity index (χ2v) is 7.88. The Hall–Kier alpha value is -0.660. The lowest BCUT2D eigenvalue weighted by atomic mass is 10.2. The van der Waals surface area contributed by atoms with Crippen molar-refractivity contribution in [1.29, 1.82) is 0 Å². The summed E-state index contributed by atoms with van der Waals surface area (Å²) in [6.45, 7) is 3.25. The van der Waals surface area contributed by atoms with Crippen molar-refractivity contribution in [3.63, 3.8) is 0 Å². The average molecular weight is 290 g/mol. The molecule has 7 heteroatoms. The summed E-state index contributed by atoms with van der Waals surface area (Å²) < 4.78 is 24.6. The van der Waals surface area contributed by atoms with E-state index in [1.54, 1.807) is 4.57 Å². The Labute approximate surface area is 111 Å². The molecule has 0 saturated carbocycles. The second kappa shape index (κ2) is 5.14. The van der Waals surface area contributed by atoms with Crippen LogP contribution in [0.25, 0.3) is 0 Å². The third-order valence-corrected chi connectivity index (χ3v) is 6.12. The first kappa shape index (κ1) is 13.8. The molecule has 0 N–H and O–H groups in total. The summed E-state index contributed by atoms with van der Waals surface area (Å²) in [5.41, 5.74) is 0.970. The molecule has 0 aliphatic carbocycles. The van der Waals surface area contributed by atoms with Gasteiger partial charge >= 0.3 is 4.87 Å². The quantitative estimate of drug-likeness (QED) is 0.802. The van der Waals surface area contributed by atoms with Crippen LogP contribution in [0.1, 0.15) is 12.1 Å². The van der Waals surface area contributed by atoms with Gasteiger partial charge in [-0.2, -0.15) is 0 Å². The van der Waals surface area contributed by atoms with E-state index >= 15 is 0 Å². The Morgan fingerprint density at radius 2 is 2.28 bits per heavy atom. The SMILES string of the molecule is Cc1csc(=O)n1CCN(C)C1CCS(=O)(=O)C1. The van der Waals surface area contributed by atoms with Crippen molar-refractivity contribution in [3.05, 3.63) is 20.7 Å². The van der Waals surface area contributed by atoms with Gasteiger partial charge in [-0.05, 0) is 20.4 Å². The van der Waals surface area contributed by atoms with Crippen molar-refractivity contribution >= 4 is 21.2 Å². The number of likely N-dealkylation sites (N-methyl/N-ethyl adjacent to an activating group) is 1. The molecule has 1 fully saturated rings. The minimum atomic E-state index is -2.84. The van der Waals surface area contributed by atoms with Crippen LogP contribution in [0.5, 0.6) is 0 Å². The lowest BCUT2D eigenvalue weighted by Gasteiger charge is -2.23. The van der Waals surface area contributed by atoms with E-state index in [9.17, 15) is 13.2 Å². The monoisotopic (exact) mass is 290 g/mol. The molecule has 0 radical (unpaired) electrons. The molecule has 0 bridgehead atoms. The first-order valence-electron chi connectivity index (χ1n) is 5.94. The number of sulfone groups is 1. The van der Waals surface area contributed by atoms with Crippen molar-refractivity contribution in [2.45, 2.75) is 25.9 Å². The van der Waals surface area contributed by atoms with Crippen LogP contribution in [0.15, 0.2) is 10.2 Å². The highest BCUT2D eigenvalue weighted by molar-refractivity contribution is 7.91. The fourth-order valence-electron chi connectivity index (χ4n) is 2.24. The molecule has 0 spiro atoms. The van der Waals surface area contributed by atoms with Gasteiger partial charge in [0.25, 0.3) is 0 Å². The van der Waals surface area contributed by atoms with E-state index in [1.165, 1.54) is 11.3 Å². The molecule has 0 amide bonds. The van der Waals surface area contributed by atoms with Gasteiger partial charge in [-0.3, -0.25) is 4.79 Å². The zero-order valence-electron chi connectivity index (χ0n) is 10.6. The molecule has 102 valence electrons. The average Bonchev–Trinajstić information content (AvgIpc) is 2.80. The van der Waals surface area contributed by atoms with E-state index in [1.807, 2.05) is 24.3 Å². The van der Waals surface area contributed by atoms with Crippen molar-refractivity contribution in [2.75, 3.05) is 25.1 Å². The first-order chi connectivity index (χ1) is 8.39. The maximum atomic E-state index is 11.5. The highest BCUT2D eigenvalue weighted by Crippen LogP contribution is 2.16. The predicted octanol–water partition coefficient (Wildman–Crippen LogP) is 0.337. The van der Waals surface area contributed by atoms with Gasteiger partial charge in [0, 0.05) is 30.2 Å². The van der Waals surface area contributed by atoms with Crippen LogP contribution in [-0.2, 0) is 16.4 Å². The standard InChI is InChI=1S/C11H18N2O3S2/c1-9-7-17-11(14)13(9)5-4-12(2)10-3-6-18(15,16)8-10/h7,10H,3-6,8H2,1-2H3. The van der Waals surface area contributed by atoms with Crippen molar-refractivity contribution in [2.24, 2.45) is 0 Å². The Morgan fingerprint density at radius 3 is 2.78 bits per heavy atom. The van der Waals surface area contributed by atoms with Gasteiger partial charge in [-0.15, -0.1) is 0 Å². The van der Waals surface area contributed by atoms with Crippen molar-refractivity contribution < 1.29 is 8.42 Å². The Bertz CT molecular complexity index is 573. The maximum Gasteiger partial charge on any atom is 0.307 e. The summed E-state index contributed by atoms with van der Waals surface area (Å²) in [5.74, 6) is 0.542. The van der Waals surface area contributed by atoms with Gasteiger partial charge in [0.15, 0.2) is 9.84 Å². The summed E-state index contributed by atoms with van der Waals surface area (Å²) in [4.78, 5) is 13.6. The molecule has 0 aromatic carbocycles. The molecular formula is C11H18N2O3S2. The van der Waals surface area contributed by atoms with E-state index in [-0.39, 0.29) is 16.7 Å². The fourth-order valence-corrected chi connectivity index (χ4v) is 4.80. The van der Waals surface area contributed by atoms with Gasteiger partial charge in [-0.1, -0.05) is 11.3 Å². The highest BCUT2D eigenvalue weighted by Gasteiger charge is 2.30. The Morgan fingerprint density at radius 1 is 1.56 bits per heavy atom. The highest BCUT2D eigenvalue weighted by atomic mass is 32.2. The van der Waals surface area contributed by atoms with Crippen LogP contribution >= 0.6 is 11.3 Å². The Balaban J connectivity index is 1.93. The molecule has 5 nitrogen and oxygen atoms in total. The van der Waals surface area contributed by atoms with Gasteiger partial charge < -0.3 is 9.47 Å². The van der Waals surface area contributed by atoms with E-state index < -0.39 is 9.84 Å². The topological polar surface area (TPSA) is 59.4 Å². The molecule has 2 heterocycles. The van der Waals surface area contributed by atoms with Gasteiger partial charge in [0.05, 0.1) is 11.5 Å². The zero-order chi connectivity index (χ0) is 13.3. The second-order valence-electron chi connectivity index (χ2n) is 4.83. The Kier molecular flexibility index (Phi) is 3.93. The molecule has 1 aromatic heterocycles. The van der Waals surface area contributed by atoms with Crippen LogP contribution in [-0.4, -0.2) is 49.0 Å². The summed E-state index contributed by atoms with van der Waals surface area (Å²) in [7, 11) is -0.908. The van der Waals surface area contributed by atoms with E-state index in [0.717, 1.165) is 5.69 Å². The molecule has 1 aromatic rings. The number of aryl methyl sites for hydroxylation is 1. The molecular weight excluding hydrogens is 272 g/mol. The number of hydrogen-bond acceptors (Lipinski definition) is 5. The van der Waals surface area contributed by atoms with Crippen molar-refractivity contribution in [1.82, 2.24) is 9.47 Å². The number of rotatable bonds is 4. The van der Waals surface area contributed by atoms with E-state index in [2.05, 4.69) is 0 Å². The van der Waals surface area contributed by atoms with Crippen LogP contribution in [0, 0.1) is 6.92 Å². The third kappa shape index (κ3) is 3.02. The minimum Gasteiger partial charge on any atom is -0.302 e. The summed E-state index contributed by atoms with van der Waals surface area (Å²) >= 11 is 1.21. The van der Waals surface area contributed by atoms with Crippen LogP contribution in [0.4, 0.5) is 0 Å². The number of aromatic nitrogens is 1. The maximum absolute atomic E-state index is 11.5. The number of thiazole rings is 1. The molecule has 1 aliphatic heterocycles. The van der Waals surface area contributed by atoms with Crippen LogP contribution in [0.2, 0.25) is 0 Å². The summed E-state index contributed by atoms with van der Waals surface area (Å²) in [6, 6.07) is 0.102. The molecule has 18 heavy (non-hydrogen) atoms. The first-order valence-corrected chi connectivity index (χ1v) is 8.65. The normalized spacial score (nSPS) is 22.7. The van der Waals surface area contributed by atoms with E-state index in [4.69, 9.17) is 0 Å². The predicted molar refractivity (Wildman–Crippen MR) is 73.0 cm³/mol. The van der Waals surface area contributed by atoms with Crippen LogP contribution < -0.4 is 4.87 Å². The summed E-state index contributed by atoms with van der Waals surface area (Å²) in [5, 5.41) is 1.85. The fraction of sp³-hybridized carbons (Fsp3) is 0.727. The molecule has 1 atom stereocenters. The molecule has 2 rings (SSSR count). The molecule has 1 unspecified atom stereocenters. The lowest BCUT2D eigenvalue weighted by Crippen LogP contribution is -2.36. The van der Waals surface area contributed by atoms with Gasteiger partial charge in [0.2, 0.25) is 0 Å². The largest absolute Gasteiger partial charge is 0.307 e. The summed E-state index contributed by atoms with van der Waals surface area (Å²) in [6.07, 6.45) is 0.705. The van der Waals surface area contributed by atoms with Gasteiger partial charge in [-0.25, -0.2) is 8.42 Å².